The summed E-state index contributed by atoms with van der Waals surface area (Å²) in [5.74, 6) is -1.08. The second kappa shape index (κ2) is 7.64. The molecule has 1 fully saturated rings. The number of hydrogen-bond donors (Lipinski definition) is 1. The SMILES string of the molecule is C=CCN(CC(=O)O)CC(=O)N1CCN(C(C)=O)CC1. The van der Waals surface area contributed by atoms with Crippen LogP contribution in [0.5, 0.6) is 0 Å². The number of carbonyl (C=O) groups is 3. The van der Waals surface area contributed by atoms with Gasteiger partial charge >= 0.3 is 5.97 Å². The van der Waals surface area contributed by atoms with Crippen molar-refractivity contribution in [1.29, 1.82) is 0 Å². The molecular formula is C13H21N3O4. The van der Waals surface area contributed by atoms with Crippen LogP contribution in [-0.2, 0) is 14.4 Å². The summed E-state index contributed by atoms with van der Waals surface area (Å²) in [6, 6.07) is 0. The average molecular weight is 283 g/mol. The van der Waals surface area contributed by atoms with Crippen LogP contribution in [0.25, 0.3) is 0 Å². The highest BCUT2D eigenvalue weighted by Gasteiger charge is 2.23. The number of rotatable bonds is 6. The van der Waals surface area contributed by atoms with Crippen molar-refractivity contribution >= 4 is 17.8 Å². The first-order valence-electron chi connectivity index (χ1n) is 6.52. The van der Waals surface area contributed by atoms with Gasteiger partial charge in [0.25, 0.3) is 0 Å². The zero-order valence-electron chi connectivity index (χ0n) is 11.7. The summed E-state index contributed by atoms with van der Waals surface area (Å²) >= 11 is 0. The molecule has 1 heterocycles. The van der Waals surface area contributed by atoms with Crippen LogP contribution in [0.4, 0.5) is 0 Å². The van der Waals surface area contributed by atoms with Crippen LogP contribution >= 0.6 is 0 Å². The first kappa shape index (κ1) is 16.2. The van der Waals surface area contributed by atoms with E-state index in [9.17, 15) is 14.4 Å². The van der Waals surface area contributed by atoms with E-state index in [1.807, 2.05) is 0 Å². The molecule has 2 amide bonds. The fourth-order valence-corrected chi connectivity index (χ4v) is 2.12. The zero-order valence-corrected chi connectivity index (χ0v) is 11.7. The van der Waals surface area contributed by atoms with E-state index in [1.54, 1.807) is 15.9 Å². The Morgan fingerprint density at radius 3 is 2.15 bits per heavy atom. The van der Waals surface area contributed by atoms with Gasteiger partial charge in [-0.3, -0.25) is 19.3 Å². The van der Waals surface area contributed by atoms with E-state index in [-0.39, 0.29) is 24.9 Å². The van der Waals surface area contributed by atoms with E-state index in [0.717, 1.165) is 0 Å². The lowest BCUT2D eigenvalue weighted by Crippen LogP contribution is -2.52. The molecule has 0 bridgehead atoms. The number of amides is 2. The minimum absolute atomic E-state index is 0.0104. The largest absolute Gasteiger partial charge is 0.480 e. The highest BCUT2D eigenvalue weighted by atomic mass is 16.4. The second-order valence-electron chi connectivity index (χ2n) is 4.74. The summed E-state index contributed by atoms with van der Waals surface area (Å²) in [6.45, 7) is 7.33. The zero-order chi connectivity index (χ0) is 15.1. The maximum Gasteiger partial charge on any atom is 0.317 e. The third kappa shape index (κ3) is 5.00. The Balaban J connectivity index is 2.47. The summed E-state index contributed by atoms with van der Waals surface area (Å²) in [7, 11) is 0. The van der Waals surface area contributed by atoms with E-state index in [2.05, 4.69) is 6.58 Å². The van der Waals surface area contributed by atoms with Crippen molar-refractivity contribution in [2.75, 3.05) is 45.8 Å². The normalized spacial score (nSPS) is 15.3. The van der Waals surface area contributed by atoms with Gasteiger partial charge in [-0.2, -0.15) is 0 Å². The molecule has 1 aliphatic rings. The summed E-state index contributed by atoms with van der Waals surface area (Å²) < 4.78 is 0. The van der Waals surface area contributed by atoms with Crippen LogP contribution in [0, 0.1) is 0 Å². The molecule has 0 aromatic carbocycles. The van der Waals surface area contributed by atoms with Gasteiger partial charge in [0.05, 0.1) is 13.1 Å². The fourth-order valence-electron chi connectivity index (χ4n) is 2.12. The third-order valence-electron chi connectivity index (χ3n) is 3.18. The number of aliphatic carboxylic acids is 1. The van der Waals surface area contributed by atoms with E-state index >= 15 is 0 Å². The molecule has 0 spiro atoms. The van der Waals surface area contributed by atoms with Gasteiger partial charge in [0.15, 0.2) is 0 Å². The Labute approximate surface area is 118 Å². The van der Waals surface area contributed by atoms with Crippen LogP contribution < -0.4 is 0 Å². The summed E-state index contributed by atoms with van der Waals surface area (Å²) in [6.07, 6.45) is 1.57. The molecule has 1 N–H and O–H groups in total. The van der Waals surface area contributed by atoms with Gasteiger partial charge in [0.1, 0.15) is 0 Å². The lowest BCUT2D eigenvalue weighted by molar-refractivity contribution is -0.141. The van der Waals surface area contributed by atoms with Gasteiger partial charge < -0.3 is 14.9 Å². The van der Waals surface area contributed by atoms with E-state index < -0.39 is 5.97 Å². The average Bonchev–Trinajstić information content (AvgIpc) is 2.38. The predicted molar refractivity (Wildman–Crippen MR) is 73.1 cm³/mol. The van der Waals surface area contributed by atoms with Crippen molar-refractivity contribution in [2.24, 2.45) is 0 Å². The van der Waals surface area contributed by atoms with Crippen molar-refractivity contribution in [3.63, 3.8) is 0 Å². The Bertz CT molecular complexity index is 389. The summed E-state index contributed by atoms with van der Waals surface area (Å²) in [5.41, 5.74) is 0. The van der Waals surface area contributed by atoms with E-state index in [0.29, 0.717) is 32.7 Å². The van der Waals surface area contributed by atoms with Crippen molar-refractivity contribution < 1.29 is 19.5 Å². The molecule has 1 aliphatic heterocycles. The molecule has 0 aromatic heterocycles. The lowest BCUT2D eigenvalue weighted by Gasteiger charge is -2.35. The van der Waals surface area contributed by atoms with Crippen LogP contribution in [0.15, 0.2) is 12.7 Å². The Morgan fingerprint density at radius 2 is 1.70 bits per heavy atom. The molecule has 1 rings (SSSR count). The van der Waals surface area contributed by atoms with Crippen LogP contribution in [-0.4, -0.2) is 83.4 Å². The number of carboxylic acids is 1. The number of nitrogens with zero attached hydrogens (tertiary/aromatic N) is 3. The van der Waals surface area contributed by atoms with E-state index in [4.69, 9.17) is 5.11 Å². The van der Waals surface area contributed by atoms with Crippen molar-refractivity contribution in [1.82, 2.24) is 14.7 Å². The first-order chi connectivity index (χ1) is 9.43. The maximum atomic E-state index is 12.1. The standard InChI is InChI=1S/C13H21N3O4/c1-3-4-14(10-13(19)20)9-12(18)16-7-5-15(6-8-16)11(2)17/h3H,1,4-10H2,2H3,(H,19,20). The molecule has 0 aromatic rings. The highest BCUT2D eigenvalue weighted by Crippen LogP contribution is 2.03. The van der Waals surface area contributed by atoms with Crippen molar-refractivity contribution in [3.8, 4) is 0 Å². The molecule has 112 valence electrons. The molecule has 1 saturated heterocycles. The van der Waals surface area contributed by atoms with Gasteiger partial charge in [0, 0.05) is 39.6 Å². The monoisotopic (exact) mass is 283 g/mol. The van der Waals surface area contributed by atoms with Crippen molar-refractivity contribution in [2.45, 2.75) is 6.92 Å². The Morgan fingerprint density at radius 1 is 1.15 bits per heavy atom. The van der Waals surface area contributed by atoms with Gasteiger partial charge in [-0.15, -0.1) is 6.58 Å². The summed E-state index contributed by atoms with van der Waals surface area (Å²) in [4.78, 5) is 38.9. The molecule has 20 heavy (non-hydrogen) atoms. The number of hydrogen-bond acceptors (Lipinski definition) is 4. The molecule has 0 radical (unpaired) electrons. The molecule has 0 atom stereocenters. The van der Waals surface area contributed by atoms with Crippen LogP contribution in [0.3, 0.4) is 0 Å². The predicted octanol–water partition coefficient (Wildman–Crippen LogP) is -0.750. The van der Waals surface area contributed by atoms with Crippen molar-refractivity contribution in [3.05, 3.63) is 12.7 Å². The molecule has 0 unspecified atom stereocenters. The molecule has 7 heteroatoms. The fraction of sp³-hybridized carbons (Fsp3) is 0.615. The Hall–Kier alpha value is -1.89. The minimum Gasteiger partial charge on any atom is -0.480 e. The summed E-state index contributed by atoms with van der Waals surface area (Å²) in [5, 5.41) is 8.78. The molecule has 0 aliphatic carbocycles. The Kier molecular flexibility index (Phi) is 6.17. The third-order valence-corrected chi connectivity index (χ3v) is 3.18. The van der Waals surface area contributed by atoms with E-state index in [1.165, 1.54) is 11.8 Å². The second-order valence-corrected chi connectivity index (χ2v) is 4.74. The number of piperazine rings is 1. The number of carbonyl (C=O) groups excluding carboxylic acids is 2. The quantitative estimate of drug-likeness (QED) is 0.649. The van der Waals surface area contributed by atoms with Gasteiger partial charge in [-0.1, -0.05) is 6.08 Å². The topological polar surface area (TPSA) is 81.2 Å². The van der Waals surface area contributed by atoms with Gasteiger partial charge in [0.2, 0.25) is 11.8 Å². The van der Waals surface area contributed by atoms with Gasteiger partial charge in [-0.25, -0.2) is 0 Å². The van der Waals surface area contributed by atoms with Gasteiger partial charge in [-0.05, 0) is 0 Å². The smallest absolute Gasteiger partial charge is 0.317 e. The van der Waals surface area contributed by atoms with Crippen LogP contribution in [0.1, 0.15) is 6.92 Å². The van der Waals surface area contributed by atoms with Crippen LogP contribution in [0.2, 0.25) is 0 Å². The maximum absolute atomic E-state index is 12.1. The lowest BCUT2D eigenvalue weighted by atomic mass is 10.3. The molecule has 0 saturated carbocycles. The minimum atomic E-state index is -0.971. The molecule has 7 nitrogen and oxygen atoms in total. The first-order valence-corrected chi connectivity index (χ1v) is 6.52. The highest BCUT2D eigenvalue weighted by molar-refractivity contribution is 5.80. The number of carboxylic acid groups (broad SMARTS) is 1. The molecular weight excluding hydrogens is 262 g/mol.